The summed E-state index contributed by atoms with van der Waals surface area (Å²) in [6, 6.07) is 16.8. The number of nitrogens with zero attached hydrogens (tertiary/aromatic N) is 2. The van der Waals surface area contributed by atoms with E-state index in [1.807, 2.05) is 49.4 Å². The van der Waals surface area contributed by atoms with Crippen LogP contribution in [0.15, 0.2) is 54.6 Å². The molecule has 25 heavy (non-hydrogen) atoms. The molecule has 2 aromatic carbocycles. The van der Waals surface area contributed by atoms with Crippen LogP contribution in [0.2, 0.25) is 5.15 Å². The zero-order valence-corrected chi connectivity index (χ0v) is 15.0. The second-order valence-electron chi connectivity index (χ2n) is 5.88. The summed E-state index contributed by atoms with van der Waals surface area (Å²) in [5.74, 6) is 0.794. The Balaban J connectivity index is 1.64. The fraction of sp³-hybridized carbons (Fsp3) is 0.200. The molecule has 0 atom stereocenters. The minimum atomic E-state index is -0.0507. The molecule has 0 N–H and O–H groups in total. The Morgan fingerprint density at radius 3 is 2.76 bits per heavy atom. The van der Waals surface area contributed by atoms with E-state index in [1.165, 1.54) is 0 Å². The van der Waals surface area contributed by atoms with Gasteiger partial charge in [-0.3, -0.25) is 4.79 Å². The highest BCUT2D eigenvalue weighted by molar-refractivity contribution is 6.29. The van der Waals surface area contributed by atoms with Crippen molar-refractivity contribution < 1.29 is 9.53 Å². The zero-order chi connectivity index (χ0) is 17.8. The highest BCUT2D eigenvalue weighted by Crippen LogP contribution is 2.18. The van der Waals surface area contributed by atoms with Gasteiger partial charge in [0.2, 0.25) is 0 Å². The maximum atomic E-state index is 12.6. The zero-order valence-electron chi connectivity index (χ0n) is 14.2. The molecule has 1 amide bonds. The number of hydrogen-bond acceptors (Lipinski definition) is 3. The van der Waals surface area contributed by atoms with Crippen molar-refractivity contribution in [2.75, 3.05) is 20.2 Å². The number of hydrogen-bond donors (Lipinski definition) is 0. The van der Waals surface area contributed by atoms with E-state index in [-0.39, 0.29) is 5.91 Å². The molecule has 0 aliphatic rings. The van der Waals surface area contributed by atoms with Gasteiger partial charge in [0.15, 0.2) is 0 Å². The fourth-order valence-electron chi connectivity index (χ4n) is 2.57. The molecule has 0 radical (unpaired) electrons. The van der Waals surface area contributed by atoms with E-state index in [1.54, 1.807) is 24.1 Å². The molecular formula is C20H19ClN2O2. The van der Waals surface area contributed by atoms with Gasteiger partial charge in [0.25, 0.3) is 5.91 Å². The summed E-state index contributed by atoms with van der Waals surface area (Å²) in [5, 5.41) is 1.33. The molecule has 0 unspecified atom stereocenters. The molecular weight excluding hydrogens is 336 g/mol. The Kier molecular flexibility index (Phi) is 5.19. The van der Waals surface area contributed by atoms with Crippen LogP contribution in [-0.2, 0) is 0 Å². The van der Waals surface area contributed by atoms with Crippen LogP contribution in [0.3, 0.4) is 0 Å². The van der Waals surface area contributed by atoms with Crippen LogP contribution in [0.25, 0.3) is 10.9 Å². The number of likely N-dealkylation sites (N-methyl/N-ethyl adjacent to an activating group) is 1. The van der Waals surface area contributed by atoms with Crippen LogP contribution in [0.5, 0.6) is 5.75 Å². The molecule has 1 aromatic heterocycles. The molecule has 3 aromatic rings. The van der Waals surface area contributed by atoms with Gasteiger partial charge >= 0.3 is 0 Å². The van der Waals surface area contributed by atoms with Crippen molar-refractivity contribution >= 4 is 28.4 Å². The van der Waals surface area contributed by atoms with E-state index in [9.17, 15) is 4.79 Å². The smallest absolute Gasteiger partial charge is 0.253 e. The Hall–Kier alpha value is -2.59. The lowest BCUT2D eigenvalue weighted by Crippen LogP contribution is -2.30. The van der Waals surface area contributed by atoms with E-state index in [2.05, 4.69) is 4.98 Å². The first-order chi connectivity index (χ1) is 12.0. The Morgan fingerprint density at radius 2 is 1.96 bits per heavy atom. The van der Waals surface area contributed by atoms with E-state index >= 15 is 0 Å². The lowest BCUT2D eigenvalue weighted by atomic mass is 10.1. The minimum Gasteiger partial charge on any atom is -0.491 e. The molecule has 4 nitrogen and oxygen atoms in total. The first kappa shape index (κ1) is 17.2. The van der Waals surface area contributed by atoms with Crippen molar-refractivity contribution in [2.45, 2.75) is 6.92 Å². The van der Waals surface area contributed by atoms with Crippen LogP contribution in [0.4, 0.5) is 0 Å². The number of carbonyl (C=O) groups excluding carboxylic acids is 1. The first-order valence-electron chi connectivity index (χ1n) is 8.05. The Morgan fingerprint density at radius 1 is 1.16 bits per heavy atom. The average molecular weight is 355 g/mol. The number of benzene rings is 2. The maximum Gasteiger partial charge on any atom is 0.253 e. The van der Waals surface area contributed by atoms with Gasteiger partial charge in [0.1, 0.15) is 17.5 Å². The van der Waals surface area contributed by atoms with Crippen LogP contribution < -0.4 is 4.74 Å². The van der Waals surface area contributed by atoms with Crippen molar-refractivity contribution in [3.63, 3.8) is 0 Å². The number of aryl methyl sites for hydroxylation is 1. The van der Waals surface area contributed by atoms with Gasteiger partial charge in [-0.05, 0) is 48.9 Å². The number of halogens is 1. The topological polar surface area (TPSA) is 42.4 Å². The normalized spacial score (nSPS) is 10.7. The first-order valence-corrected chi connectivity index (χ1v) is 8.42. The highest BCUT2D eigenvalue weighted by Gasteiger charge is 2.12. The Bertz CT molecular complexity index is 911. The lowest BCUT2D eigenvalue weighted by molar-refractivity contribution is 0.0774. The van der Waals surface area contributed by atoms with Crippen molar-refractivity contribution in [3.05, 3.63) is 70.9 Å². The summed E-state index contributed by atoms with van der Waals surface area (Å²) in [6.45, 7) is 2.95. The summed E-state index contributed by atoms with van der Waals surface area (Å²) in [7, 11) is 1.77. The summed E-state index contributed by atoms with van der Waals surface area (Å²) < 4.78 is 5.76. The number of fused-ring (bicyclic) bond motifs is 1. The summed E-state index contributed by atoms with van der Waals surface area (Å²) in [4.78, 5) is 18.5. The number of para-hydroxylation sites is 1. The predicted molar refractivity (Wildman–Crippen MR) is 100 cm³/mol. The molecule has 5 heteroatoms. The molecule has 128 valence electrons. The molecule has 0 aliphatic carbocycles. The summed E-state index contributed by atoms with van der Waals surface area (Å²) in [5.41, 5.74) is 2.47. The molecule has 0 aliphatic heterocycles. The van der Waals surface area contributed by atoms with Crippen molar-refractivity contribution in [1.82, 2.24) is 9.88 Å². The van der Waals surface area contributed by atoms with Gasteiger partial charge in [0.05, 0.1) is 12.1 Å². The highest BCUT2D eigenvalue weighted by atomic mass is 35.5. The van der Waals surface area contributed by atoms with Gasteiger partial charge < -0.3 is 9.64 Å². The predicted octanol–water partition coefficient (Wildman–Crippen LogP) is 4.35. The molecule has 0 spiro atoms. The van der Waals surface area contributed by atoms with Gasteiger partial charge in [-0.2, -0.15) is 0 Å². The number of ether oxygens (including phenoxy) is 1. The average Bonchev–Trinajstić information content (AvgIpc) is 2.62. The van der Waals surface area contributed by atoms with Crippen LogP contribution in [0.1, 0.15) is 15.9 Å². The van der Waals surface area contributed by atoms with Crippen molar-refractivity contribution in [3.8, 4) is 5.75 Å². The Labute approximate surface area is 152 Å². The molecule has 1 heterocycles. The van der Waals surface area contributed by atoms with E-state index in [0.29, 0.717) is 23.9 Å². The third-order valence-electron chi connectivity index (χ3n) is 4.03. The number of pyridine rings is 1. The quantitative estimate of drug-likeness (QED) is 0.640. The minimum absolute atomic E-state index is 0.0507. The van der Waals surface area contributed by atoms with Gasteiger partial charge in [-0.15, -0.1) is 0 Å². The monoisotopic (exact) mass is 354 g/mol. The van der Waals surface area contributed by atoms with Crippen molar-refractivity contribution in [2.24, 2.45) is 0 Å². The van der Waals surface area contributed by atoms with Crippen molar-refractivity contribution in [1.29, 1.82) is 0 Å². The van der Waals surface area contributed by atoms with Gasteiger partial charge in [0, 0.05) is 18.0 Å². The van der Waals surface area contributed by atoms with Gasteiger partial charge in [-0.25, -0.2) is 4.98 Å². The number of rotatable bonds is 5. The van der Waals surface area contributed by atoms with Crippen LogP contribution >= 0.6 is 11.6 Å². The fourth-order valence-corrected chi connectivity index (χ4v) is 2.72. The van der Waals surface area contributed by atoms with Gasteiger partial charge in [-0.1, -0.05) is 29.8 Å². The van der Waals surface area contributed by atoms with Crippen LogP contribution in [0, 0.1) is 6.92 Å². The second-order valence-corrected chi connectivity index (χ2v) is 6.27. The molecule has 0 bridgehead atoms. The summed E-state index contributed by atoms with van der Waals surface area (Å²) in [6.07, 6.45) is 0. The standard InChI is InChI=1S/C20H19ClN2O2/c1-14-5-3-4-6-18(14)25-12-11-23(2)20(24)16-7-9-17-15(13-16)8-10-19(21)22-17/h3-10,13H,11-12H2,1-2H3. The molecule has 0 fully saturated rings. The summed E-state index contributed by atoms with van der Waals surface area (Å²) >= 11 is 5.89. The lowest BCUT2D eigenvalue weighted by Gasteiger charge is -2.18. The maximum absolute atomic E-state index is 12.6. The van der Waals surface area contributed by atoms with E-state index in [0.717, 1.165) is 22.2 Å². The SMILES string of the molecule is Cc1ccccc1OCCN(C)C(=O)c1ccc2nc(Cl)ccc2c1. The van der Waals surface area contributed by atoms with E-state index in [4.69, 9.17) is 16.3 Å². The molecule has 0 saturated heterocycles. The number of carbonyl (C=O) groups is 1. The van der Waals surface area contributed by atoms with Crippen LogP contribution in [-0.4, -0.2) is 36.0 Å². The third kappa shape index (κ3) is 4.09. The van der Waals surface area contributed by atoms with E-state index < -0.39 is 0 Å². The molecule has 0 saturated carbocycles. The largest absolute Gasteiger partial charge is 0.491 e. The number of aromatic nitrogens is 1. The molecule has 3 rings (SSSR count). The number of amides is 1. The second kappa shape index (κ2) is 7.53. The third-order valence-corrected chi connectivity index (χ3v) is 4.24.